The van der Waals surface area contributed by atoms with Crippen LogP contribution in [-0.4, -0.2) is 46.1 Å². The maximum Gasteiger partial charge on any atom is 0.226 e. The van der Waals surface area contributed by atoms with E-state index in [9.17, 15) is 19.5 Å². The fourth-order valence-electron chi connectivity index (χ4n) is 13.3. The first-order valence-corrected chi connectivity index (χ1v) is 23.7. The molecule has 6 aliphatic rings. The summed E-state index contributed by atoms with van der Waals surface area (Å²) in [7, 11) is 0. The highest BCUT2D eigenvalue weighted by atomic mass is 16.3. The van der Waals surface area contributed by atoms with Crippen LogP contribution in [0.1, 0.15) is 185 Å². The molecule has 0 saturated heterocycles. The van der Waals surface area contributed by atoms with Gasteiger partial charge in [-0.25, -0.2) is 0 Å². The van der Waals surface area contributed by atoms with Gasteiger partial charge in [-0.05, 0) is 158 Å². The Morgan fingerprint density at radius 1 is 0.776 bits per heavy atom. The second-order valence-corrected chi connectivity index (χ2v) is 23.4. The van der Waals surface area contributed by atoms with Crippen molar-refractivity contribution in [1.82, 2.24) is 16.0 Å². The fourth-order valence-corrected chi connectivity index (χ4v) is 13.3. The molecule has 4 N–H and O–H groups in total. The van der Waals surface area contributed by atoms with Crippen LogP contribution in [0.5, 0.6) is 0 Å². The fraction of sp³-hybridized carbons (Fsp3) is 0.824. The molecule has 0 aliphatic heterocycles. The van der Waals surface area contributed by atoms with Gasteiger partial charge in [0.05, 0.1) is 6.10 Å². The third kappa shape index (κ3) is 10.5. The van der Waals surface area contributed by atoms with Crippen LogP contribution in [0.25, 0.3) is 0 Å². The minimum Gasteiger partial charge on any atom is -0.393 e. The maximum absolute atomic E-state index is 14.1. The van der Waals surface area contributed by atoms with Crippen molar-refractivity contribution in [1.29, 1.82) is 0 Å². The molecule has 6 aliphatic carbocycles. The molecule has 6 fully saturated rings. The number of rotatable bonds is 12. The maximum atomic E-state index is 14.1. The van der Waals surface area contributed by atoms with Crippen molar-refractivity contribution in [2.45, 2.75) is 208 Å². The Bertz CT molecular complexity index is 1620. The van der Waals surface area contributed by atoms with Crippen molar-refractivity contribution < 1.29 is 19.5 Å². The minimum atomic E-state index is -0.762. The van der Waals surface area contributed by atoms with E-state index in [4.69, 9.17) is 0 Å². The van der Waals surface area contributed by atoms with Gasteiger partial charge in [-0.15, -0.1) is 0 Å². The molecule has 58 heavy (non-hydrogen) atoms. The monoisotopic (exact) mass is 802 g/mol. The van der Waals surface area contributed by atoms with Gasteiger partial charge >= 0.3 is 0 Å². The second kappa shape index (κ2) is 17.2. The molecular formula is C51H83N3O4. The van der Waals surface area contributed by atoms with Crippen molar-refractivity contribution >= 4 is 17.7 Å². The zero-order valence-electron chi connectivity index (χ0n) is 38.5. The first-order valence-electron chi connectivity index (χ1n) is 23.7. The quantitative estimate of drug-likeness (QED) is 0.158. The Hall–Kier alpha value is -2.41. The molecule has 3 amide bonds. The molecule has 10 atom stereocenters. The lowest BCUT2D eigenvalue weighted by Crippen LogP contribution is -2.57. The van der Waals surface area contributed by atoms with E-state index in [0.29, 0.717) is 37.0 Å². The Labute approximate surface area is 353 Å². The summed E-state index contributed by atoms with van der Waals surface area (Å²) in [6.07, 6.45) is 23.5. The van der Waals surface area contributed by atoms with Gasteiger partial charge in [-0.1, -0.05) is 104 Å². The lowest BCUT2D eigenvalue weighted by molar-refractivity contribution is -0.137. The molecule has 7 heteroatoms. The number of allylic oxidation sites excluding steroid dienone is 4. The van der Waals surface area contributed by atoms with Crippen molar-refractivity contribution in [3.63, 3.8) is 0 Å². The topological polar surface area (TPSA) is 108 Å². The van der Waals surface area contributed by atoms with Crippen LogP contribution in [0, 0.1) is 57.7 Å². The number of amides is 3. The van der Waals surface area contributed by atoms with Crippen molar-refractivity contribution in [3.8, 4) is 0 Å². The molecule has 0 radical (unpaired) electrons. The number of hydrogen-bond donors (Lipinski definition) is 4. The Balaban J connectivity index is 1.01. The summed E-state index contributed by atoms with van der Waals surface area (Å²) >= 11 is 0. The number of nitrogens with one attached hydrogen (secondary N) is 3. The lowest BCUT2D eigenvalue weighted by Gasteiger charge is -2.45. The highest BCUT2D eigenvalue weighted by Gasteiger charge is 2.56. The predicted molar refractivity (Wildman–Crippen MR) is 237 cm³/mol. The first-order chi connectivity index (χ1) is 27.0. The molecule has 0 heterocycles. The van der Waals surface area contributed by atoms with E-state index in [1.54, 1.807) is 0 Å². The van der Waals surface area contributed by atoms with Crippen LogP contribution in [0.3, 0.4) is 0 Å². The number of fused-ring (bicyclic) bond motifs is 4. The van der Waals surface area contributed by atoms with Gasteiger partial charge < -0.3 is 21.1 Å². The van der Waals surface area contributed by atoms with Gasteiger partial charge in [0.2, 0.25) is 17.7 Å². The summed E-state index contributed by atoms with van der Waals surface area (Å²) < 4.78 is 0. The van der Waals surface area contributed by atoms with E-state index >= 15 is 0 Å². The first kappa shape index (κ1) is 45.1. The second-order valence-electron chi connectivity index (χ2n) is 23.4. The third-order valence-corrected chi connectivity index (χ3v) is 16.2. The predicted octanol–water partition coefficient (Wildman–Crippen LogP) is 10.5. The number of carbonyl (C=O) groups excluding carboxylic acids is 3. The molecule has 0 aromatic rings. The number of hydrogen-bond acceptors (Lipinski definition) is 4. The Kier molecular flexibility index (Phi) is 13.3. The van der Waals surface area contributed by atoms with Gasteiger partial charge in [0.25, 0.3) is 0 Å². The molecule has 0 spiro atoms. The number of aliphatic hydroxyl groups is 1. The zero-order valence-corrected chi connectivity index (χ0v) is 38.5. The standard InChI is InChI=1S/C51H83N3O4/c1-32-20-23-37(55)27-35(32)22-21-34-18-16-26-51(11)41(24-25-42(34)51)33(2)44(56)53-49(7,8)31-50(9,10)54-46(58)48(5,6)30-47(3,4)45(57)52-43-19-15-13-12-14-17-36-28-38(36)39-29-40(39)43/h21-22,33,36-43,55H,1,12-20,23-31H2,2-11H3,(H,52,57)(H,53,56)(H,54,58). The molecule has 7 nitrogen and oxygen atoms in total. The molecule has 10 unspecified atom stereocenters. The van der Waals surface area contributed by atoms with Gasteiger partial charge in [-0.3, -0.25) is 14.4 Å². The summed E-state index contributed by atoms with van der Waals surface area (Å²) in [5, 5.41) is 20.6. The summed E-state index contributed by atoms with van der Waals surface area (Å²) in [6.45, 7) is 25.0. The molecule has 326 valence electrons. The summed E-state index contributed by atoms with van der Waals surface area (Å²) in [5.41, 5.74) is 1.33. The normalized spacial score (nSPS) is 35.2. The van der Waals surface area contributed by atoms with Gasteiger partial charge in [-0.2, -0.15) is 0 Å². The van der Waals surface area contributed by atoms with Crippen LogP contribution in [0.15, 0.2) is 35.5 Å². The number of carbonyl (C=O) groups is 3. The van der Waals surface area contributed by atoms with Crippen LogP contribution in [0.2, 0.25) is 0 Å². The highest BCUT2D eigenvalue weighted by Crippen LogP contribution is 2.61. The van der Waals surface area contributed by atoms with E-state index in [2.05, 4.69) is 62.4 Å². The van der Waals surface area contributed by atoms with Crippen LogP contribution in [0.4, 0.5) is 0 Å². The van der Waals surface area contributed by atoms with Crippen LogP contribution < -0.4 is 16.0 Å². The average Bonchev–Trinajstić information content (AvgIpc) is 4.03. The van der Waals surface area contributed by atoms with E-state index in [0.717, 1.165) is 74.7 Å². The van der Waals surface area contributed by atoms with Gasteiger partial charge in [0.1, 0.15) is 0 Å². The Morgan fingerprint density at radius 3 is 2.17 bits per heavy atom. The van der Waals surface area contributed by atoms with Gasteiger partial charge in [0.15, 0.2) is 0 Å². The lowest BCUT2D eigenvalue weighted by atomic mass is 9.61. The highest BCUT2D eigenvalue weighted by molar-refractivity contribution is 5.86. The molecule has 0 bridgehead atoms. The van der Waals surface area contributed by atoms with Crippen molar-refractivity contribution in [2.75, 3.05) is 0 Å². The summed E-state index contributed by atoms with van der Waals surface area (Å²) in [6, 6.07) is 0.258. The minimum absolute atomic E-state index is 0.0588. The Morgan fingerprint density at radius 2 is 1.45 bits per heavy atom. The van der Waals surface area contributed by atoms with E-state index in [-0.39, 0.29) is 41.2 Å². The van der Waals surface area contributed by atoms with Crippen LogP contribution >= 0.6 is 0 Å². The molecule has 0 aromatic heterocycles. The smallest absolute Gasteiger partial charge is 0.226 e. The van der Waals surface area contributed by atoms with E-state index in [1.165, 1.54) is 56.1 Å². The van der Waals surface area contributed by atoms with E-state index < -0.39 is 21.9 Å². The van der Waals surface area contributed by atoms with Crippen molar-refractivity contribution in [3.05, 3.63) is 35.5 Å². The number of aliphatic hydroxyl groups excluding tert-OH is 1. The van der Waals surface area contributed by atoms with Gasteiger partial charge in [0, 0.05) is 33.9 Å². The molecule has 0 aromatic carbocycles. The molecular weight excluding hydrogens is 719 g/mol. The SMILES string of the molecule is C=C1CCC(O)CC1=CC=C1CCCC2(C)C1CCC2C(C)C(=O)NC(C)(C)CC(C)(C)NC(=O)C(C)(C)CC(C)(C)C(=O)NC1CCCCCCC2CC2C2CC12. The third-order valence-electron chi connectivity index (χ3n) is 16.2. The van der Waals surface area contributed by atoms with Crippen molar-refractivity contribution in [2.24, 2.45) is 57.7 Å². The summed E-state index contributed by atoms with van der Waals surface area (Å²) in [4.78, 5) is 42.1. The molecule has 6 saturated carbocycles. The summed E-state index contributed by atoms with van der Waals surface area (Å²) in [5.74, 6) is 4.03. The van der Waals surface area contributed by atoms with E-state index in [1.807, 2.05) is 41.5 Å². The van der Waals surface area contributed by atoms with Crippen LogP contribution in [-0.2, 0) is 14.4 Å². The molecule has 6 rings (SSSR count). The zero-order chi connectivity index (χ0) is 42.4. The largest absolute Gasteiger partial charge is 0.393 e. The average molecular weight is 802 g/mol.